The Kier molecular flexibility index (Phi) is 4.92. The SMILES string of the molecule is O=C(NC1CCCC1)c1cnn(-c2cccc(C(F)(F)F)c2)c1C(F)(F)F. The molecule has 3 rings (SSSR count). The molecular weight excluding hydrogens is 376 g/mol. The number of alkyl halides is 6. The van der Waals surface area contributed by atoms with Gasteiger partial charge in [0.2, 0.25) is 0 Å². The van der Waals surface area contributed by atoms with E-state index >= 15 is 0 Å². The maximum atomic E-state index is 13.6. The second kappa shape index (κ2) is 6.90. The molecule has 27 heavy (non-hydrogen) atoms. The first-order valence-electron chi connectivity index (χ1n) is 8.21. The van der Waals surface area contributed by atoms with Gasteiger partial charge in [-0.05, 0) is 31.0 Å². The molecule has 146 valence electrons. The molecule has 1 heterocycles. The van der Waals surface area contributed by atoms with Gasteiger partial charge in [-0.1, -0.05) is 18.9 Å². The van der Waals surface area contributed by atoms with Crippen LogP contribution in [0.2, 0.25) is 0 Å². The van der Waals surface area contributed by atoms with Crippen molar-refractivity contribution in [3.63, 3.8) is 0 Å². The standard InChI is InChI=1S/C17H15F6N3O/c18-16(19,20)10-4-3-7-12(8-10)26-14(17(21,22)23)13(9-24-26)15(27)25-11-5-1-2-6-11/h3-4,7-9,11H,1-2,5-6H2,(H,25,27). The molecule has 10 heteroatoms. The first-order valence-corrected chi connectivity index (χ1v) is 8.21. The van der Waals surface area contributed by atoms with Crippen molar-refractivity contribution in [3.8, 4) is 5.69 Å². The molecule has 1 aromatic carbocycles. The highest BCUT2D eigenvalue weighted by Gasteiger charge is 2.41. The molecule has 1 aliphatic rings. The maximum absolute atomic E-state index is 13.6. The van der Waals surface area contributed by atoms with Gasteiger partial charge >= 0.3 is 12.4 Å². The van der Waals surface area contributed by atoms with Crippen LogP contribution >= 0.6 is 0 Å². The second-order valence-corrected chi connectivity index (χ2v) is 6.32. The number of carbonyl (C=O) groups excluding carboxylic acids is 1. The van der Waals surface area contributed by atoms with E-state index in [1.165, 1.54) is 0 Å². The number of halogens is 6. The van der Waals surface area contributed by atoms with Crippen molar-refractivity contribution in [2.75, 3.05) is 0 Å². The van der Waals surface area contributed by atoms with Crippen LogP contribution in [0.4, 0.5) is 26.3 Å². The summed E-state index contributed by atoms with van der Waals surface area (Å²) in [5.74, 6) is -0.938. The van der Waals surface area contributed by atoms with Crippen LogP contribution in [0.1, 0.15) is 47.3 Å². The number of carbonyl (C=O) groups is 1. The van der Waals surface area contributed by atoms with E-state index in [0.717, 1.165) is 37.2 Å². The fraction of sp³-hybridized carbons (Fsp3) is 0.412. The largest absolute Gasteiger partial charge is 0.434 e. The van der Waals surface area contributed by atoms with Gasteiger partial charge in [0.05, 0.1) is 23.0 Å². The normalized spacial score (nSPS) is 15.9. The molecule has 0 bridgehead atoms. The van der Waals surface area contributed by atoms with Gasteiger partial charge in [0.1, 0.15) is 0 Å². The molecule has 1 N–H and O–H groups in total. The van der Waals surface area contributed by atoms with E-state index in [2.05, 4.69) is 10.4 Å². The van der Waals surface area contributed by atoms with E-state index in [-0.39, 0.29) is 6.04 Å². The van der Waals surface area contributed by atoms with Gasteiger partial charge in [-0.25, -0.2) is 4.68 Å². The third-order valence-electron chi connectivity index (χ3n) is 4.39. The average molecular weight is 391 g/mol. The van der Waals surface area contributed by atoms with Crippen LogP contribution in [-0.2, 0) is 12.4 Å². The minimum atomic E-state index is -4.98. The summed E-state index contributed by atoms with van der Waals surface area (Å²) in [6, 6.07) is 3.14. The lowest BCUT2D eigenvalue weighted by atomic mass is 10.1. The Morgan fingerprint density at radius 3 is 2.33 bits per heavy atom. The lowest BCUT2D eigenvalue weighted by molar-refractivity contribution is -0.143. The molecule has 0 unspecified atom stereocenters. The summed E-state index contributed by atoms with van der Waals surface area (Å²) in [6.07, 6.45) is -5.87. The summed E-state index contributed by atoms with van der Waals surface area (Å²) in [7, 11) is 0. The Morgan fingerprint density at radius 2 is 1.74 bits per heavy atom. The minimum absolute atomic E-state index is 0.213. The van der Waals surface area contributed by atoms with Crippen molar-refractivity contribution < 1.29 is 31.1 Å². The van der Waals surface area contributed by atoms with Crippen molar-refractivity contribution in [3.05, 3.63) is 47.3 Å². The quantitative estimate of drug-likeness (QED) is 0.779. The smallest absolute Gasteiger partial charge is 0.349 e. The predicted molar refractivity (Wildman–Crippen MR) is 83.3 cm³/mol. The van der Waals surface area contributed by atoms with Gasteiger partial charge in [-0.15, -0.1) is 0 Å². The number of rotatable bonds is 3. The highest BCUT2D eigenvalue weighted by atomic mass is 19.4. The van der Waals surface area contributed by atoms with Gasteiger partial charge in [0.25, 0.3) is 5.91 Å². The highest BCUT2D eigenvalue weighted by Crippen LogP contribution is 2.35. The number of nitrogens with one attached hydrogen (secondary N) is 1. The lowest BCUT2D eigenvalue weighted by Gasteiger charge is -2.15. The molecule has 0 spiro atoms. The monoisotopic (exact) mass is 391 g/mol. The second-order valence-electron chi connectivity index (χ2n) is 6.32. The van der Waals surface area contributed by atoms with Crippen molar-refractivity contribution in [1.29, 1.82) is 0 Å². The summed E-state index contributed by atoms with van der Waals surface area (Å²) in [6.45, 7) is 0. The molecule has 1 aliphatic carbocycles. The fourth-order valence-corrected chi connectivity index (χ4v) is 3.13. The van der Waals surface area contributed by atoms with Crippen molar-refractivity contribution in [2.45, 2.75) is 44.1 Å². The zero-order valence-corrected chi connectivity index (χ0v) is 13.9. The van der Waals surface area contributed by atoms with Crippen LogP contribution in [0.5, 0.6) is 0 Å². The molecule has 0 saturated heterocycles. The first-order chi connectivity index (χ1) is 12.6. The predicted octanol–water partition coefficient (Wildman–Crippen LogP) is 4.58. The minimum Gasteiger partial charge on any atom is -0.349 e. The van der Waals surface area contributed by atoms with Gasteiger partial charge in [-0.2, -0.15) is 31.4 Å². The van der Waals surface area contributed by atoms with E-state index < -0.39 is 40.8 Å². The molecule has 4 nitrogen and oxygen atoms in total. The van der Waals surface area contributed by atoms with Crippen molar-refractivity contribution in [1.82, 2.24) is 15.1 Å². The van der Waals surface area contributed by atoms with Gasteiger partial charge in [0, 0.05) is 6.04 Å². The van der Waals surface area contributed by atoms with Gasteiger partial charge in [-0.3, -0.25) is 4.79 Å². The van der Waals surface area contributed by atoms with Crippen LogP contribution in [0.3, 0.4) is 0 Å². The number of nitrogens with zero attached hydrogens (tertiary/aromatic N) is 2. The average Bonchev–Trinajstić information content (AvgIpc) is 3.22. The molecule has 1 saturated carbocycles. The summed E-state index contributed by atoms with van der Waals surface area (Å²) >= 11 is 0. The molecule has 2 aromatic rings. The lowest BCUT2D eigenvalue weighted by Crippen LogP contribution is -2.34. The molecule has 0 aliphatic heterocycles. The Labute approximate surface area is 150 Å². The molecular formula is C17H15F6N3O. The summed E-state index contributed by atoms with van der Waals surface area (Å²) in [5.41, 5.74) is -3.67. The van der Waals surface area contributed by atoms with Gasteiger partial charge < -0.3 is 5.32 Å². The third-order valence-corrected chi connectivity index (χ3v) is 4.39. The zero-order valence-electron chi connectivity index (χ0n) is 13.9. The highest BCUT2D eigenvalue weighted by molar-refractivity contribution is 5.95. The Balaban J connectivity index is 2.02. The number of benzene rings is 1. The maximum Gasteiger partial charge on any atom is 0.434 e. The summed E-state index contributed by atoms with van der Waals surface area (Å²) in [4.78, 5) is 12.3. The molecule has 0 atom stereocenters. The van der Waals surface area contributed by atoms with E-state index in [0.29, 0.717) is 23.6 Å². The number of hydrogen-bond donors (Lipinski definition) is 1. The molecule has 1 amide bonds. The molecule has 1 aromatic heterocycles. The third kappa shape index (κ3) is 4.09. The summed E-state index contributed by atoms with van der Waals surface area (Å²) in [5, 5.41) is 6.08. The van der Waals surface area contributed by atoms with E-state index in [1.54, 1.807) is 0 Å². The van der Waals surface area contributed by atoms with Crippen LogP contribution in [0.25, 0.3) is 5.69 Å². The van der Waals surface area contributed by atoms with Crippen LogP contribution < -0.4 is 5.32 Å². The fourth-order valence-electron chi connectivity index (χ4n) is 3.13. The zero-order chi connectivity index (χ0) is 19.8. The Bertz CT molecular complexity index is 834. The van der Waals surface area contributed by atoms with Crippen LogP contribution in [-0.4, -0.2) is 21.7 Å². The number of amides is 1. The molecule has 1 fully saturated rings. The van der Waals surface area contributed by atoms with Crippen molar-refractivity contribution in [2.24, 2.45) is 0 Å². The van der Waals surface area contributed by atoms with Crippen LogP contribution in [0, 0.1) is 0 Å². The van der Waals surface area contributed by atoms with Crippen molar-refractivity contribution >= 4 is 5.91 Å². The Hall–Kier alpha value is -2.52. The topological polar surface area (TPSA) is 46.9 Å². The van der Waals surface area contributed by atoms with E-state index in [4.69, 9.17) is 0 Å². The van der Waals surface area contributed by atoms with E-state index in [9.17, 15) is 31.1 Å². The van der Waals surface area contributed by atoms with E-state index in [1.807, 2.05) is 0 Å². The number of aromatic nitrogens is 2. The first kappa shape index (κ1) is 19.2. The Morgan fingerprint density at radius 1 is 1.07 bits per heavy atom. The van der Waals surface area contributed by atoms with Crippen LogP contribution in [0.15, 0.2) is 30.5 Å². The summed E-state index contributed by atoms with van der Waals surface area (Å²) < 4.78 is 79.6. The van der Waals surface area contributed by atoms with Gasteiger partial charge in [0.15, 0.2) is 5.69 Å². The molecule has 0 radical (unpaired) electrons. The number of hydrogen-bond acceptors (Lipinski definition) is 2.